The lowest BCUT2D eigenvalue weighted by Gasteiger charge is -2.34. The minimum Gasteiger partial charge on any atom is -0.466 e. The third kappa shape index (κ3) is 3.86. The Bertz CT molecular complexity index is 639. The highest BCUT2D eigenvalue weighted by Gasteiger charge is 2.22. The summed E-state index contributed by atoms with van der Waals surface area (Å²) < 4.78 is 14.2. The lowest BCUT2D eigenvalue weighted by Crippen LogP contribution is -2.46. The molecule has 0 N–H and O–H groups in total. The summed E-state index contributed by atoms with van der Waals surface area (Å²) in [6.07, 6.45) is 0. The summed E-state index contributed by atoms with van der Waals surface area (Å²) in [6, 6.07) is 9.15. The van der Waals surface area contributed by atoms with Crippen LogP contribution in [-0.4, -0.2) is 58.8 Å². The number of Topliss-reactive ketones (excluding diaryl/α,β-unsaturated/α-hetero) is 1. The molecule has 6 nitrogen and oxygen atoms in total. The predicted molar refractivity (Wildman–Crippen MR) is 90.5 cm³/mol. The molecule has 1 aromatic carbocycles. The molecule has 1 fully saturated rings. The van der Waals surface area contributed by atoms with Gasteiger partial charge in [-0.05, 0) is 6.54 Å². The Morgan fingerprint density at radius 3 is 2.61 bits per heavy atom. The topological polar surface area (TPSA) is 58.6 Å². The highest BCUT2D eigenvalue weighted by atomic mass is 32.1. The van der Waals surface area contributed by atoms with Gasteiger partial charge in [-0.15, -0.1) is 4.37 Å². The number of hydrogen-bond acceptors (Lipinski definition) is 7. The molecule has 1 saturated heterocycles. The summed E-state index contributed by atoms with van der Waals surface area (Å²) in [6.45, 7) is 7.05. The van der Waals surface area contributed by atoms with Gasteiger partial charge in [0.25, 0.3) is 5.88 Å². The van der Waals surface area contributed by atoms with E-state index in [1.165, 1.54) is 0 Å². The highest BCUT2D eigenvalue weighted by molar-refractivity contribution is 6.99. The van der Waals surface area contributed by atoms with Crippen molar-refractivity contribution in [3.05, 3.63) is 35.9 Å². The van der Waals surface area contributed by atoms with Crippen molar-refractivity contribution in [1.29, 1.82) is 0 Å². The SMILES string of the molecule is CCN1CCN(c2nsnc2OCC(=O)c2ccccc2)CC1. The fourth-order valence-electron chi connectivity index (χ4n) is 2.58. The van der Waals surface area contributed by atoms with Crippen molar-refractivity contribution in [2.45, 2.75) is 6.92 Å². The van der Waals surface area contributed by atoms with E-state index in [1.54, 1.807) is 12.1 Å². The number of piperazine rings is 1. The molecule has 0 saturated carbocycles. The lowest BCUT2D eigenvalue weighted by molar-refractivity contribution is 0.0919. The van der Waals surface area contributed by atoms with Crippen LogP contribution in [-0.2, 0) is 0 Å². The van der Waals surface area contributed by atoms with Gasteiger partial charge in [0.2, 0.25) is 5.82 Å². The van der Waals surface area contributed by atoms with E-state index >= 15 is 0 Å². The number of anilines is 1. The Morgan fingerprint density at radius 2 is 1.91 bits per heavy atom. The quantitative estimate of drug-likeness (QED) is 0.754. The normalized spacial score (nSPS) is 15.6. The monoisotopic (exact) mass is 332 g/mol. The maximum absolute atomic E-state index is 12.1. The van der Waals surface area contributed by atoms with Crippen LogP contribution in [0.5, 0.6) is 5.88 Å². The number of carbonyl (C=O) groups excluding carboxylic acids is 1. The van der Waals surface area contributed by atoms with E-state index in [-0.39, 0.29) is 12.4 Å². The van der Waals surface area contributed by atoms with Gasteiger partial charge >= 0.3 is 0 Å². The molecular formula is C16H20N4O2S. The second kappa shape index (κ2) is 7.52. The highest BCUT2D eigenvalue weighted by Crippen LogP contribution is 2.26. The van der Waals surface area contributed by atoms with Crippen molar-refractivity contribution < 1.29 is 9.53 Å². The zero-order chi connectivity index (χ0) is 16.1. The Kier molecular flexibility index (Phi) is 5.19. The van der Waals surface area contributed by atoms with E-state index in [9.17, 15) is 4.79 Å². The number of ether oxygens (including phenoxy) is 1. The molecule has 23 heavy (non-hydrogen) atoms. The van der Waals surface area contributed by atoms with Crippen LogP contribution in [0.4, 0.5) is 5.82 Å². The first-order valence-corrected chi connectivity index (χ1v) is 8.52. The summed E-state index contributed by atoms with van der Waals surface area (Å²) >= 11 is 1.12. The average molecular weight is 332 g/mol. The number of ketones is 1. The maximum atomic E-state index is 12.1. The molecule has 7 heteroatoms. The zero-order valence-electron chi connectivity index (χ0n) is 13.1. The number of rotatable bonds is 6. The van der Waals surface area contributed by atoms with Crippen molar-refractivity contribution in [1.82, 2.24) is 13.6 Å². The molecule has 1 aliphatic heterocycles. The van der Waals surface area contributed by atoms with E-state index in [2.05, 4.69) is 25.5 Å². The number of aromatic nitrogens is 2. The minimum absolute atomic E-state index is 0.0165. The number of carbonyl (C=O) groups is 1. The summed E-state index contributed by atoms with van der Waals surface area (Å²) in [5, 5.41) is 0. The molecule has 1 aliphatic rings. The van der Waals surface area contributed by atoms with Crippen LogP contribution < -0.4 is 9.64 Å². The van der Waals surface area contributed by atoms with Crippen molar-refractivity contribution in [2.24, 2.45) is 0 Å². The zero-order valence-corrected chi connectivity index (χ0v) is 14.0. The number of nitrogens with zero attached hydrogens (tertiary/aromatic N) is 4. The molecular weight excluding hydrogens is 312 g/mol. The fraction of sp³-hybridized carbons (Fsp3) is 0.438. The van der Waals surface area contributed by atoms with Gasteiger partial charge < -0.3 is 14.5 Å². The van der Waals surface area contributed by atoms with Crippen LogP contribution in [0.25, 0.3) is 0 Å². The maximum Gasteiger partial charge on any atom is 0.271 e. The standard InChI is InChI=1S/C16H20N4O2S/c1-2-19-8-10-20(11-9-19)15-16(18-23-17-15)22-12-14(21)13-6-4-3-5-7-13/h3-7H,2,8-12H2,1H3. The molecule has 0 bridgehead atoms. The third-order valence-corrected chi connectivity index (χ3v) is 4.50. The van der Waals surface area contributed by atoms with Gasteiger partial charge in [-0.2, -0.15) is 4.37 Å². The van der Waals surface area contributed by atoms with Gasteiger partial charge in [0.15, 0.2) is 12.4 Å². The van der Waals surface area contributed by atoms with Crippen molar-refractivity contribution in [3.63, 3.8) is 0 Å². The Hall–Kier alpha value is -1.99. The van der Waals surface area contributed by atoms with Crippen LogP contribution in [0.3, 0.4) is 0 Å². The molecule has 122 valence electrons. The molecule has 0 aliphatic carbocycles. The molecule has 0 amide bonds. The van der Waals surface area contributed by atoms with Gasteiger partial charge in [-0.1, -0.05) is 37.3 Å². The van der Waals surface area contributed by atoms with Gasteiger partial charge in [0, 0.05) is 31.7 Å². The summed E-state index contributed by atoms with van der Waals surface area (Å²) in [4.78, 5) is 16.7. The van der Waals surface area contributed by atoms with E-state index in [0.29, 0.717) is 11.4 Å². The summed E-state index contributed by atoms with van der Waals surface area (Å²) in [5.74, 6) is 1.16. The number of likely N-dealkylation sites (N-methyl/N-ethyl adjacent to an activating group) is 1. The van der Waals surface area contributed by atoms with E-state index in [4.69, 9.17) is 4.74 Å². The first kappa shape index (κ1) is 15.9. The largest absolute Gasteiger partial charge is 0.466 e. The van der Waals surface area contributed by atoms with Crippen LogP contribution in [0, 0.1) is 0 Å². The van der Waals surface area contributed by atoms with E-state index in [0.717, 1.165) is 50.3 Å². The average Bonchev–Trinajstić information content (AvgIpc) is 3.09. The van der Waals surface area contributed by atoms with Crippen molar-refractivity contribution in [2.75, 3.05) is 44.2 Å². The van der Waals surface area contributed by atoms with Crippen molar-refractivity contribution in [3.8, 4) is 5.88 Å². The van der Waals surface area contributed by atoms with E-state index in [1.807, 2.05) is 18.2 Å². The molecule has 0 radical (unpaired) electrons. The fourth-order valence-corrected chi connectivity index (χ4v) is 3.10. The second-order valence-corrected chi connectivity index (χ2v) is 5.92. The van der Waals surface area contributed by atoms with Crippen LogP contribution >= 0.6 is 11.7 Å². The molecule has 0 atom stereocenters. The number of hydrogen-bond donors (Lipinski definition) is 0. The Morgan fingerprint density at radius 1 is 1.17 bits per heavy atom. The molecule has 3 rings (SSSR count). The Balaban J connectivity index is 1.60. The van der Waals surface area contributed by atoms with Crippen molar-refractivity contribution >= 4 is 23.3 Å². The number of benzene rings is 1. The first-order chi connectivity index (χ1) is 11.3. The van der Waals surface area contributed by atoms with Gasteiger partial charge in [0.1, 0.15) is 0 Å². The van der Waals surface area contributed by atoms with Gasteiger partial charge in [0.05, 0.1) is 11.7 Å². The smallest absolute Gasteiger partial charge is 0.271 e. The first-order valence-electron chi connectivity index (χ1n) is 7.79. The molecule has 2 aromatic rings. The molecule has 1 aromatic heterocycles. The van der Waals surface area contributed by atoms with Crippen LogP contribution in [0.15, 0.2) is 30.3 Å². The Labute approximate surface area is 140 Å². The molecule has 0 spiro atoms. The second-order valence-electron chi connectivity index (χ2n) is 5.39. The van der Waals surface area contributed by atoms with Gasteiger partial charge in [-0.25, -0.2) is 0 Å². The lowest BCUT2D eigenvalue weighted by atomic mass is 10.1. The van der Waals surface area contributed by atoms with E-state index < -0.39 is 0 Å². The molecule has 0 unspecified atom stereocenters. The van der Waals surface area contributed by atoms with Gasteiger partial charge in [-0.3, -0.25) is 4.79 Å². The van der Waals surface area contributed by atoms with Crippen LogP contribution in [0.1, 0.15) is 17.3 Å². The predicted octanol–water partition coefficient (Wildman–Crippen LogP) is 1.94. The van der Waals surface area contributed by atoms with Crippen LogP contribution in [0.2, 0.25) is 0 Å². The summed E-state index contributed by atoms with van der Waals surface area (Å²) in [5.41, 5.74) is 0.647. The summed E-state index contributed by atoms with van der Waals surface area (Å²) in [7, 11) is 0. The molecule has 2 heterocycles. The third-order valence-electron chi connectivity index (χ3n) is 4.00. The minimum atomic E-state index is -0.0552.